The largest absolute Gasteiger partial charge is 0.504 e. The van der Waals surface area contributed by atoms with Crippen LogP contribution >= 0.6 is 0 Å². The first-order valence-electron chi connectivity index (χ1n) is 5.61. The predicted octanol–water partition coefficient (Wildman–Crippen LogP) is 2.29. The number of phenols is 1. The fraction of sp³-hybridized carbons (Fsp3) is 0.308. The highest BCUT2D eigenvalue weighted by Gasteiger charge is 2.19. The van der Waals surface area contributed by atoms with Crippen LogP contribution in [0.1, 0.15) is 6.42 Å². The Morgan fingerprint density at radius 2 is 2.17 bits per heavy atom. The molecule has 1 aromatic carbocycles. The highest BCUT2D eigenvalue weighted by atomic mass is 16.7. The summed E-state index contributed by atoms with van der Waals surface area (Å²) in [7, 11) is 1.48. The van der Waals surface area contributed by atoms with Crippen LogP contribution in [0.25, 0.3) is 0 Å². The van der Waals surface area contributed by atoms with Gasteiger partial charge in [0.05, 0.1) is 13.7 Å². The standard InChI is InChI=1S/C13H16N2O3/c1-9-4-5-15(8-9)18-12-7-13(17-3)11(16)6-10(12)14-2/h6-7,16H,1-2,4-5,8H2,3H3. The molecule has 0 unspecified atom stereocenters. The lowest BCUT2D eigenvalue weighted by Crippen LogP contribution is -2.23. The normalized spacial score (nSPS) is 15.7. The molecule has 1 saturated heterocycles. The highest BCUT2D eigenvalue weighted by Crippen LogP contribution is 2.39. The van der Waals surface area contributed by atoms with Gasteiger partial charge in [0.15, 0.2) is 17.2 Å². The maximum Gasteiger partial charge on any atom is 0.177 e. The van der Waals surface area contributed by atoms with Gasteiger partial charge in [-0.2, -0.15) is 0 Å². The Morgan fingerprint density at radius 3 is 2.72 bits per heavy atom. The maximum atomic E-state index is 9.65. The van der Waals surface area contributed by atoms with Crippen molar-refractivity contribution >= 4 is 12.4 Å². The van der Waals surface area contributed by atoms with Crippen LogP contribution in [0.3, 0.4) is 0 Å². The number of phenolic OH excluding ortho intramolecular Hbond substituents is 1. The molecule has 0 aromatic heterocycles. The molecule has 5 nitrogen and oxygen atoms in total. The van der Waals surface area contributed by atoms with E-state index >= 15 is 0 Å². The molecule has 0 saturated carbocycles. The molecule has 1 heterocycles. The van der Waals surface area contributed by atoms with Crippen LogP contribution in [0, 0.1) is 0 Å². The number of aromatic hydroxyl groups is 1. The monoisotopic (exact) mass is 248 g/mol. The minimum atomic E-state index is 0.0121. The number of nitrogens with zero attached hydrogens (tertiary/aromatic N) is 2. The molecule has 0 amide bonds. The Hall–Kier alpha value is -2.01. The summed E-state index contributed by atoms with van der Waals surface area (Å²) in [6.45, 7) is 8.86. The summed E-state index contributed by atoms with van der Waals surface area (Å²) in [5, 5.41) is 11.4. The van der Waals surface area contributed by atoms with E-state index in [1.54, 1.807) is 11.1 Å². The lowest BCUT2D eigenvalue weighted by Gasteiger charge is -2.18. The van der Waals surface area contributed by atoms with Gasteiger partial charge in [0, 0.05) is 18.7 Å². The molecular formula is C13H16N2O3. The van der Waals surface area contributed by atoms with Gasteiger partial charge in [-0.15, -0.1) is 5.06 Å². The zero-order valence-electron chi connectivity index (χ0n) is 10.3. The Bertz CT molecular complexity index is 485. The molecule has 18 heavy (non-hydrogen) atoms. The molecule has 5 heteroatoms. The SMILES string of the molecule is C=Nc1cc(O)c(OC)cc1ON1CCC(=C)C1. The molecule has 1 N–H and O–H groups in total. The number of benzene rings is 1. The maximum absolute atomic E-state index is 9.65. The van der Waals surface area contributed by atoms with Crippen LogP contribution in [0.15, 0.2) is 29.3 Å². The molecule has 96 valence electrons. The number of ether oxygens (including phenoxy) is 1. The molecule has 0 spiro atoms. The molecule has 0 bridgehead atoms. The van der Waals surface area contributed by atoms with Crippen molar-refractivity contribution in [2.45, 2.75) is 6.42 Å². The first kappa shape index (κ1) is 12.4. The average molecular weight is 248 g/mol. The van der Waals surface area contributed by atoms with Gasteiger partial charge in [0.25, 0.3) is 0 Å². The molecule has 1 aliphatic heterocycles. The summed E-state index contributed by atoms with van der Waals surface area (Å²) >= 11 is 0. The van der Waals surface area contributed by atoms with Crippen molar-refractivity contribution in [3.8, 4) is 17.2 Å². The van der Waals surface area contributed by atoms with Gasteiger partial charge in [0.1, 0.15) is 5.69 Å². The van der Waals surface area contributed by atoms with Crippen LogP contribution < -0.4 is 9.57 Å². The quantitative estimate of drug-likeness (QED) is 0.656. The van der Waals surface area contributed by atoms with Crippen molar-refractivity contribution in [3.05, 3.63) is 24.3 Å². The Labute approximate surface area is 106 Å². The summed E-state index contributed by atoms with van der Waals surface area (Å²) in [6, 6.07) is 3.06. The minimum Gasteiger partial charge on any atom is -0.504 e. The van der Waals surface area contributed by atoms with Crippen molar-refractivity contribution in [1.82, 2.24) is 5.06 Å². The lowest BCUT2D eigenvalue weighted by atomic mass is 10.2. The van der Waals surface area contributed by atoms with Crippen LogP contribution in [0.2, 0.25) is 0 Å². The molecule has 0 atom stereocenters. The number of rotatable bonds is 4. The van der Waals surface area contributed by atoms with E-state index in [9.17, 15) is 5.11 Å². The summed E-state index contributed by atoms with van der Waals surface area (Å²) in [6.07, 6.45) is 0.923. The van der Waals surface area contributed by atoms with Crippen molar-refractivity contribution in [2.24, 2.45) is 4.99 Å². The molecule has 2 rings (SSSR count). The number of hydrogen-bond acceptors (Lipinski definition) is 5. The van der Waals surface area contributed by atoms with Crippen LogP contribution in [0.5, 0.6) is 17.2 Å². The van der Waals surface area contributed by atoms with Gasteiger partial charge in [-0.3, -0.25) is 4.99 Å². The van der Waals surface area contributed by atoms with Gasteiger partial charge < -0.3 is 14.7 Å². The van der Waals surface area contributed by atoms with Gasteiger partial charge in [-0.25, -0.2) is 0 Å². The lowest BCUT2D eigenvalue weighted by molar-refractivity contribution is -0.0313. The second kappa shape index (κ2) is 5.10. The molecule has 1 aliphatic rings. The first-order valence-corrected chi connectivity index (χ1v) is 5.61. The minimum absolute atomic E-state index is 0.0121. The van der Waals surface area contributed by atoms with Crippen LogP contribution in [-0.2, 0) is 0 Å². The number of hydrogen-bond donors (Lipinski definition) is 1. The molecular weight excluding hydrogens is 232 g/mol. The van der Waals surface area contributed by atoms with E-state index in [2.05, 4.69) is 18.3 Å². The Morgan fingerprint density at radius 1 is 1.39 bits per heavy atom. The topological polar surface area (TPSA) is 54.3 Å². The third kappa shape index (κ3) is 2.46. The van der Waals surface area contributed by atoms with E-state index in [0.717, 1.165) is 18.5 Å². The van der Waals surface area contributed by atoms with Gasteiger partial charge in [0.2, 0.25) is 0 Å². The number of methoxy groups -OCH3 is 1. The predicted molar refractivity (Wildman–Crippen MR) is 69.8 cm³/mol. The fourth-order valence-corrected chi connectivity index (χ4v) is 1.81. The van der Waals surface area contributed by atoms with Crippen molar-refractivity contribution in [1.29, 1.82) is 0 Å². The summed E-state index contributed by atoms with van der Waals surface area (Å²) in [4.78, 5) is 9.54. The van der Waals surface area contributed by atoms with E-state index in [0.29, 0.717) is 23.7 Å². The van der Waals surface area contributed by atoms with Crippen molar-refractivity contribution in [2.75, 3.05) is 20.2 Å². The summed E-state index contributed by atoms with van der Waals surface area (Å²) in [5.74, 6) is 0.864. The van der Waals surface area contributed by atoms with Crippen LogP contribution in [-0.4, -0.2) is 37.1 Å². The van der Waals surface area contributed by atoms with Gasteiger partial charge in [-0.1, -0.05) is 12.2 Å². The molecule has 0 radical (unpaired) electrons. The Kier molecular flexibility index (Phi) is 3.53. The van der Waals surface area contributed by atoms with E-state index < -0.39 is 0 Å². The Balaban J connectivity index is 2.25. The van der Waals surface area contributed by atoms with Crippen LogP contribution in [0.4, 0.5) is 5.69 Å². The second-order valence-electron chi connectivity index (χ2n) is 4.10. The zero-order chi connectivity index (χ0) is 13.1. The molecule has 0 aliphatic carbocycles. The van der Waals surface area contributed by atoms with Crippen molar-refractivity contribution < 1.29 is 14.7 Å². The van der Waals surface area contributed by atoms with Gasteiger partial charge >= 0.3 is 0 Å². The van der Waals surface area contributed by atoms with E-state index in [-0.39, 0.29) is 5.75 Å². The first-order chi connectivity index (χ1) is 8.63. The summed E-state index contributed by atoms with van der Waals surface area (Å²) in [5.41, 5.74) is 1.61. The third-order valence-corrected chi connectivity index (χ3v) is 2.77. The summed E-state index contributed by atoms with van der Waals surface area (Å²) < 4.78 is 5.04. The van der Waals surface area contributed by atoms with E-state index in [1.807, 2.05) is 0 Å². The average Bonchev–Trinajstić information content (AvgIpc) is 2.76. The fourth-order valence-electron chi connectivity index (χ4n) is 1.81. The smallest absolute Gasteiger partial charge is 0.177 e. The van der Waals surface area contributed by atoms with E-state index in [4.69, 9.17) is 9.57 Å². The van der Waals surface area contributed by atoms with Gasteiger partial charge in [-0.05, 0) is 13.1 Å². The number of aliphatic imine (C=N–C) groups is 1. The zero-order valence-corrected chi connectivity index (χ0v) is 10.3. The molecule has 1 fully saturated rings. The third-order valence-electron chi connectivity index (χ3n) is 2.77. The highest BCUT2D eigenvalue weighted by molar-refractivity contribution is 5.63. The van der Waals surface area contributed by atoms with E-state index in [1.165, 1.54) is 13.2 Å². The molecule has 1 aromatic rings. The van der Waals surface area contributed by atoms with Crippen molar-refractivity contribution in [3.63, 3.8) is 0 Å². The number of hydroxylamine groups is 2. The second-order valence-corrected chi connectivity index (χ2v) is 4.10.